The molecule has 1 N–H and O–H groups in total. The van der Waals surface area contributed by atoms with Crippen LogP contribution in [0, 0.1) is 6.92 Å². The normalized spacial score (nSPS) is 11.0. The third-order valence-corrected chi connectivity index (χ3v) is 3.21. The molecule has 21 heavy (non-hydrogen) atoms. The summed E-state index contributed by atoms with van der Waals surface area (Å²) in [5.41, 5.74) is 3.58. The van der Waals surface area contributed by atoms with Crippen molar-refractivity contribution in [2.24, 2.45) is 0 Å². The Morgan fingerprint density at radius 1 is 1.24 bits per heavy atom. The van der Waals surface area contributed by atoms with Crippen molar-refractivity contribution in [3.05, 3.63) is 47.4 Å². The van der Waals surface area contributed by atoms with E-state index in [2.05, 4.69) is 32.6 Å². The molecule has 3 rings (SSSR count). The molecule has 0 bridgehead atoms. The van der Waals surface area contributed by atoms with E-state index in [0.717, 1.165) is 28.0 Å². The number of hydrogen-bond donors (Lipinski definition) is 1. The van der Waals surface area contributed by atoms with Crippen LogP contribution >= 0.6 is 0 Å². The Hall–Kier alpha value is -2.47. The average Bonchev–Trinajstić information content (AvgIpc) is 2.88. The third kappa shape index (κ3) is 2.85. The van der Waals surface area contributed by atoms with Crippen LogP contribution in [0.2, 0.25) is 0 Å². The van der Waals surface area contributed by atoms with Gasteiger partial charge in [-0.3, -0.25) is 0 Å². The van der Waals surface area contributed by atoms with Crippen LogP contribution in [0.15, 0.2) is 35.1 Å². The molecule has 6 heteroatoms. The molecule has 0 fully saturated rings. The summed E-state index contributed by atoms with van der Waals surface area (Å²) in [6.07, 6.45) is 1.47. The van der Waals surface area contributed by atoms with Crippen molar-refractivity contribution in [1.82, 2.24) is 15.1 Å². The maximum Gasteiger partial charge on any atom is 0.263 e. The Labute approximate surface area is 122 Å². The molecule has 2 aromatic heterocycles. The lowest BCUT2D eigenvalue weighted by Gasteiger charge is -2.08. The van der Waals surface area contributed by atoms with Crippen molar-refractivity contribution in [2.45, 2.75) is 20.1 Å². The summed E-state index contributed by atoms with van der Waals surface area (Å²) in [6.45, 7) is 3.14. The van der Waals surface area contributed by atoms with Gasteiger partial charge in [-0.05, 0) is 18.1 Å². The lowest BCUT2D eigenvalue weighted by Crippen LogP contribution is -2.03. The minimum Gasteiger partial charge on any atom is -0.380 e. The molecule has 2 heterocycles. The zero-order valence-electron chi connectivity index (χ0n) is 12.0. The first-order valence-electron chi connectivity index (χ1n) is 6.65. The van der Waals surface area contributed by atoms with E-state index in [1.807, 2.05) is 19.1 Å². The SMILES string of the molecule is COCc1cccc(CNc2ncnc3onc(C)c23)c1. The number of methoxy groups -OCH3 is 1. The smallest absolute Gasteiger partial charge is 0.263 e. The van der Waals surface area contributed by atoms with Gasteiger partial charge < -0.3 is 14.6 Å². The number of aromatic nitrogens is 3. The Kier molecular flexibility index (Phi) is 3.79. The number of aryl methyl sites for hydroxylation is 1. The minimum atomic E-state index is 0.498. The van der Waals surface area contributed by atoms with Crippen molar-refractivity contribution < 1.29 is 9.26 Å². The maximum absolute atomic E-state index is 5.15. The van der Waals surface area contributed by atoms with Crippen molar-refractivity contribution >= 4 is 16.9 Å². The monoisotopic (exact) mass is 284 g/mol. The van der Waals surface area contributed by atoms with Crippen LogP contribution in [0.5, 0.6) is 0 Å². The van der Waals surface area contributed by atoms with Crippen LogP contribution in [-0.4, -0.2) is 22.2 Å². The Morgan fingerprint density at radius 2 is 2.10 bits per heavy atom. The highest BCUT2D eigenvalue weighted by Gasteiger charge is 2.11. The largest absolute Gasteiger partial charge is 0.380 e. The molecule has 0 saturated heterocycles. The predicted molar refractivity (Wildman–Crippen MR) is 78.8 cm³/mol. The first kappa shape index (κ1) is 13.5. The highest BCUT2D eigenvalue weighted by atomic mass is 16.5. The summed E-state index contributed by atoms with van der Waals surface area (Å²) in [7, 11) is 1.69. The van der Waals surface area contributed by atoms with Gasteiger partial charge in [0, 0.05) is 13.7 Å². The second-order valence-electron chi connectivity index (χ2n) is 4.78. The van der Waals surface area contributed by atoms with E-state index < -0.39 is 0 Å². The van der Waals surface area contributed by atoms with Crippen LogP contribution in [0.3, 0.4) is 0 Å². The molecule has 0 aliphatic rings. The lowest BCUT2D eigenvalue weighted by molar-refractivity contribution is 0.185. The molecule has 0 aliphatic carbocycles. The Bertz CT molecular complexity index is 754. The molecule has 1 aromatic carbocycles. The summed E-state index contributed by atoms with van der Waals surface area (Å²) in [4.78, 5) is 8.33. The number of benzene rings is 1. The number of ether oxygens (including phenoxy) is 1. The summed E-state index contributed by atoms with van der Waals surface area (Å²) in [5.74, 6) is 0.732. The van der Waals surface area contributed by atoms with Gasteiger partial charge in [-0.15, -0.1) is 0 Å². The van der Waals surface area contributed by atoms with Gasteiger partial charge in [0.05, 0.1) is 12.3 Å². The van der Waals surface area contributed by atoms with Crippen molar-refractivity contribution in [3.8, 4) is 0 Å². The molecule has 0 spiro atoms. The van der Waals surface area contributed by atoms with Crippen molar-refractivity contribution in [3.63, 3.8) is 0 Å². The van der Waals surface area contributed by atoms with Gasteiger partial charge in [0.15, 0.2) is 0 Å². The fraction of sp³-hybridized carbons (Fsp3) is 0.267. The highest BCUT2D eigenvalue weighted by Crippen LogP contribution is 2.22. The van der Waals surface area contributed by atoms with Crippen LogP contribution in [0.4, 0.5) is 5.82 Å². The number of hydrogen-bond acceptors (Lipinski definition) is 6. The quantitative estimate of drug-likeness (QED) is 0.776. The van der Waals surface area contributed by atoms with Crippen molar-refractivity contribution in [2.75, 3.05) is 12.4 Å². The molecule has 3 aromatic rings. The summed E-state index contributed by atoms with van der Waals surface area (Å²) < 4.78 is 10.3. The van der Waals surface area contributed by atoms with E-state index >= 15 is 0 Å². The molecule has 0 atom stereocenters. The number of anilines is 1. The van der Waals surface area contributed by atoms with E-state index in [-0.39, 0.29) is 0 Å². The second-order valence-corrected chi connectivity index (χ2v) is 4.78. The zero-order chi connectivity index (χ0) is 14.7. The third-order valence-electron chi connectivity index (χ3n) is 3.21. The van der Waals surface area contributed by atoms with Gasteiger partial charge in [0.25, 0.3) is 5.71 Å². The topological polar surface area (TPSA) is 73.1 Å². The Balaban J connectivity index is 1.80. The minimum absolute atomic E-state index is 0.498. The van der Waals surface area contributed by atoms with Crippen LogP contribution < -0.4 is 5.32 Å². The summed E-state index contributed by atoms with van der Waals surface area (Å²) in [6, 6.07) is 8.23. The van der Waals surface area contributed by atoms with Crippen LogP contribution in [-0.2, 0) is 17.9 Å². The zero-order valence-corrected chi connectivity index (χ0v) is 12.0. The molecule has 0 amide bonds. The van der Waals surface area contributed by atoms with Gasteiger partial charge in [0.1, 0.15) is 17.5 Å². The van der Waals surface area contributed by atoms with Gasteiger partial charge in [-0.2, -0.15) is 4.98 Å². The average molecular weight is 284 g/mol. The molecule has 6 nitrogen and oxygen atoms in total. The van der Waals surface area contributed by atoms with Gasteiger partial charge in [0.2, 0.25) is 0 Å². The summed E-state index contributed by atoms with van der Waals surface area (Å²) >= 11 is 0. The summed E-state index contributed by atoms with van der Waals surface area (Å²) in [5, 5.41) is 8.05. The van der Waals surface area contributed by atoms with E-state index in [1.54, 1.807) is 7.11 Å². The molecule has 108 valence electrons. The number of nitrogens with one attached hydrogen (secondary N) is 1. The fourth-order valence-corrected chi connectivity index (χ4v) is 2.24. The second kappa shape index (κ2) is 5.88. The lowest BCUT2D eigenvalue weighted by atomic mass is 10.1. The van der Waals surface area contributed by atoms with E-state index in [9.17, 15) is 0 Å². The van der Waals surface area contributed by atoms with Gasteiger partial charge >= 0.3 is 0 Å². The molecule has 0 saturated carbocycles. The number of fused-ring (bicyclic) bond motifs is 1. The predicted octanol–water partition coefficient (Wildman–Crippen LogP) is 2.68. The molecule has 0 unspecified atom stereocenters. The van der Waals surface area contributed by atoms with E-state index in [4.69, 9.17) is 9.26 Å². The van der Waals surface area contributed by atoms with E-state index in [0.29, 0.717) is 18.9 Å². The van der Waals surface area contributed by atoms with Crippen LogP contribution in [0.1, 0.15) is 16.8 Å². The number of nitrogens with zero attached hydrogens (tertiary/aromatic N) is 3. The van der Waals surface area contributed by atoms with Gasteiger partial charge in [-0.25, -0.2) is 4.98 Å². The first-order valence-corrected chi connectivity index (χ1v) is 6.65. The van der Waals surface area contributed by atoms with Gasteiger partial charge in [-0.1, -0.05) is 29.4 Å². The highest BCUT2D eigenvalue weighted by molar-refractivity contribution is 5.87. The Morgan fingerprint density at radius 3 is 2.95 bits per heavy atom. The molecular weight excluding hydrogens is 268 g/mol. The fourth-order valence-electron chi connectivity index (χ4n) is 2.24. The van der Waals surface area contributed by atoms with Crippen molar-refractivity contribution in [1.29, 1.82) is 0 Å². The first-order chi connectivity index (χ1) is 10.3. The molecule has 0 aliphatic heterocycles. The standard InChI is InChI=1S/C15H16N4O2/c1-10-13-14(17-9-18-15(13)21-19-10)16-7-11-4-3-5-12(6-11)8-20-2/h3-6,9H,7-8H2,1-2H3,(H,16,17,18). The molecule has 0 radical (unpaired) electrons. The number of rotatable bonds is 5. The van der Waals surface area contributed by atoms with Crippen LogP contribution in [0.25, 0.3) is 11.1 Å². The van der Waals surface area contributed by atoms with E-state index in [1.165, 1.54) is 6.33 Å². The maximum atomic E-state index is 5.15. The molecular formula is C15H16N4O2.